The zero-order chi connectivity index (χ0) is 23.3. The Hall–Kier alpha value is -2.82. The normalized spacial score (nSPS) is 10.6. The second kappa shape index (κ2) is 10.7. The highest BCUT2D eigenvalue weighted by Crippen LogP contribution is 2.34. The Labute approximate surface area is 198 Å². The van der Waals surface area contributed by atoms with Crippen LogP contribution in [-0.2, 0) is 9.53 Å². The van der Waals surface area contributed by atoms with Gasteiger partial charge in [0.1, 0.15) is 5.00 Å². The van der Waals surface area contributed by atoms with Crippen LogP contribution in [0.2, 0.25) is 5.02 Å². The van der Waals surface area contributed by atoms with Crippen LogP contribution in [0.3, 0.4) is 0 Å². The first-order chi connectivity index (χ1) is 15.3. The van der Waals surface area contributed by atoms with Crippen LogP contribution in [0.25, 0.3) is 5.69 Å². The molecule has 3 rings (SSSR count). The summed E-state index contributed by atoms with van der Waals surface area (Å²) in [6.07, 6.45) is 3.42. The molecule has 2 N–H and O–H groups in total. The first-order valence-corrected chi connectivity index (χ1v) is 11.8. The molecule has 1 aromatic carbocycles. The molecule has 0 aliphatic rings. The number of imidazole rings is 1. The number of amides is 2. The van der Waals surface area contributed by atoms with E-state index in [2.05, 4.69) is 15.6 Å². The Balaban J connectivity index is 1.77. The highest BCUT2D eigenvalue weighted by atomic mass is 35.5. The lowest BCUT2D eigenvalue weighted by Crippen LogP contribution is -2.18. The topological polar surface area (TPSA) is 102 Å². The molecule has 2 aromatic heterocycles. The first kappa shape index (κ1) is 23.8. The number of esters is 1. The first-order valence-electron chi connectivity index (χ1n) is 9.60. The highest BCUT2D eigenvalue weighted by Gasteiger charge is 2.26. The molecule has 168 valence electrons. The van der Waals surface area contributed by atoms with E-state index in [9.17, 15) is 14.4 Å². The predicted octanol–water partition coefficient (Wildman–Crippen LogP) is 4.16. The van der Waals surface area contributed by atoms with E-state index in [1.54, 1.807) is 38.4 Å². The van der Waals surface area contributed by atoms with Gasteiger partial charge in [-0.2, -0.15) is 0 Å². The number of carbonyl (C=O) groups is 3. The van der Waals surface area contributed by atoms with Crippen molar-refractivity contribution in [1.82, 2.24) is 14.9 Å². The van der Waals surface area contributed by atoms with Gasteiger partial charge in [-0.3, -0.25) is 14.2 Å². The van der Waals surface area contributed by atoms with E-state index in [4.69, 9.17) is 16.3 Å². The Kier molecular flexibility index (Phi) is 7.94. The summed E-state index contributed by atoms with van der Waals surface area (Å²) in [5.41, 5.74) is 1.48. The minimum absolute atomic E-state index is 0.0477. The number of nitrogens with zero attached hydrogens (tertiary/aromatic N) is 2. The van der Waals surface area contributed by atoms with Crippen molar-refractivity contribution in [2.24, 2.45) is 0 Å². The van der Waals surface area contributed by atoms with Crippen molar-refractivity contribution < 1.29 is 19.1 Å². The van der Waals surface area contributed by atoms with Crippen LogP contribution < -0.4 is 10.6 Å². The van der Waals surface area contributed by atoms with Gasteiger partial charge in [-0.1, -0.05) is 29.4 Å². The number of anilines is 1. The quantitative estimate of drug-likeness (QED) is 0.361. The summed E-state index contributed by atoms with van der Waals surface area (Å²) in [6.45, 7) is 3.52. The molecule has 0 aliphatic carbocycles. The fraction of sp³-hybridized carbons (Fsp3) is 0.238. The van der Waals surface area contributed by atoms with Crippen molar-refractivity contribution in [1.29, 1.82) is 0 Å². The summed E-state index contributed by atoms with van der Waals surface area (Å²) in [5, 5.41) is 6.77. The van der Waals surface area contributed by atoms with Crippen molar-refractivity contribution in [3.63, 3.8) is 0 Å². The van der Waals surface area contributed by atoms with Crippen LogP contribution in [0.15, 0.2) is 41.8 Å². The molecule has 0 unspecified atom stereocenters. The molecule has 0 aliphatic heterocycles. The average Bonchev–Trinajstić information content (AvgIpc) is 3.36. The molecule has 0 fully saturated rings. The van der Waals surface area contributed by atoms with Crippen molar-refractivity contribution in [2.45, 2.75) is 19.0 Å². The molecule has 0 radical (unpaired) electrons. The minimum atomic E-state index is -0.587. The van der Waals surface area contributed by atoms with Gasteiger partial charge in [-0.25, -0.2) is 9.78 Å². The molecule has 0 saturated carbocycles. The SMILES string of the molecule is CCOC(=O)c1c(NC(=O)CSc2nccn2-c2cccc(Cl)c2)sc(C(=O)NC)c1C. The molecule has 0 atom stereocenters. The van der Waals surface area contributed by atoms with E-state index < -0.39 is 5.97 Å². The number of aromatic nitrogens is 2. The van der Waals surface area contributed by atoms with E-state index in [-0.39, 0.29) is 34.7 Å². The van der Waals surface area contributed by atoms with Crippen LogP contribution in [0, 0.1) is 6.92 Å². The van der Waals surface area contributed by atoms with E-state index in [1.165, 1.54) is 18.8 Å². The van der Waals surface area contributed by atoms with Crippen LogP contribution in [0.1, 0.15) is 32.5 Å². The van der Waals surface area contributed by atoms with Gasteiger partial charge in [0.05, 0.1) is 22.8 Å². The van der Waals surface area contributed by atoms with Crippen molar-refractivity contribution >= 4 is 57.5 Å². The number of halogens is 1. The summed E-state index contributed by atoms with van der Waals surface area (Å²) in [5.74, 6) is -1.22. The summed E-state index contributed by atoms with van der Waals surface area (Å²) < 4.78 is 6.93. The van der Waals surface area contributed by atoms with Gasteiger partial charge in [0.2, 0.25) is 5.91 Å². The standard InChI is InChI=1S/C21H21ClN4O4S2/c1-4-30-20(29)16-12(2)17(18(28)23-3)32-19(16)25-15(27)11-31-21-24-8-9-26(21)14-7-5-6-13(22)10-14/h5-10H,4,11H2,1-3H3,(H,23,28)(H,25,27). The molecule has 0 bridgehead atoms. The second-order valence-corrected chi connectivity index (χ2v) is 8.86. The van der Waals surface area contributed by atoms with Gasteiger partial charge in [-0.15, -0.1) is 11.3 Å². The zero-order valence-electron chi connectivity index (χ0n) is 17.6. The van der Waals surface area contributed by atoms with E-state index in [1.807, 2.05) is 16.7 Å². The summed E-state index contributed by atoms with van der Waals surface area (Å²) in [7, 11) is 1.50. The lowest BCUT2D eigenvalue weighted by molar-refractivity contribution is -0.113. The maximum atomic E-state index is 12.7. The third-order valence-electron chi connectivity index (χ3n) is 4.34. The van der Waals surface area contributed by atoms with Gasteiger partial charge in [-0.05, 0) is 37.6 Å². The number of hydrogen-bond acceptors (Lipinski definition) is 7. The molecule has 32 heavy (non-hydrogen) atoms. The van der Waals surface area contributed by atoms with E-state index >= 15 is 0 Å². The molecule has 0 saturated heterocycles. The Morgan fingerprint density at radius 3 is 2.78 bits per heavy atom. The molecule has 11 heteroatoms. The number of benzene rings is 1. The summed E-state index contributed by atoms with van der Waals surface area (Å²) >= 11 is 8.34. The summed E-state index contributed by atoms with van der Waals surface area (Å²) in [6, 6.07) is 7.30. The molecular weight excluding hydrogens is 472 g/mol. The van der Waals surface area contributed by atoms with Crippen molar-refractivity contribution in [3.8, 4) is 5.69 Å². The van der Waals surface area contributed by atoms with Crippen LogP contribution >= 0.6 is 34.7 Å². The Bertz CT molecular complexity index is 1160. The van der Waals surface area contributed by atoms with Gasteiger partial charge >= 0.3 is 5.97 Å². The van der Waals surface area contributed by atoms with Crippen LogP contribution in [0.5, 0.6) is 0 Å². The number of carbonyl (C=O) groups excluding carboxylic acids is 3. The molecule has 3 aromatic rings. The van der Waals surface area contributed by atoms with Crippen molar-refractivity contribution in [2.75, 3.05) is 24.7 Å². The predicted molar refractivity (Wildman–Crippen MR) is 126 cm³/mol. The molecule has 2 amide bonds. The number of thiophene rings is 1. The number of hydrogen-bond donors (Lipinski definition) is 2. The van der Waals surface area contributed by atoms with Crippen LogP contribution in [0.4, 0.5) is 5.00 Å². The fourth-order valence-corrected chi connectivity index (χ4v) is 5.01. The lowest BCUT2D eigenvalue weighted by Gasteiger charge is -2.09. The number of rotatable bonds is 8. The molecule has 0 spiro atoms. The maximum absolute atomic E-state index is 12.7. The summed E-state index contributed by atoms with van der Waals surface area (Å²) in [4.78, 5) is 41.9. The van der Waals surface area contributed by atoms with Crippen molar-refractivity contribution in [3.05, 3.63) is 57.7 Å². The Morgan fingerprint density at radius 2 is 2.09 bits per heavy atom. The zero-order valence-corrected chi connectivity index (χ0v) is 20.0. The molecular formula is C21H21ClN4O4S2. The molecule has 8 nitrogen and oxygen atoms in total. The number of thioether (sulfide) groups is 1. The minimum Gasteiger partial charge on any atom is -0.462 e. The Morgan fingerprint density at radius 1 is 1.31 bits per heavy atom. The fourth-order valence-electron chi connectivity index (χ4n) is 2.89. The maximum Gasteiger partial charge on any atom is 0.341 e. The van der Waals surface area contributed by atoms with Gasteiger partial charge in [0.25, 0.3) is 5.91 Å². The second-order valence-electron chi connectivity index (χ2n) is 6.46. The highest BCUT2D eigenvalue weighted by molar-refractivity contribution is 7.99. The largest absolute Gasteiger partial charge is 0.462 e. The van der Waals surface area contributed by atoms with Gasteiger partial charge in [0.15, 0.2) is 5.16 Å². The lowest BCUT2D eigenvalue weighted by atomic mass is 10.1. The van der Waals surface area contributed by atoms with Crippen LogP contribution in [-0.4, -0.2) is 46.7 Å². The molecule has 2 heterocycles. The smallest absolute Gasteiger partial charge is 0.341 e. The number of nitrogens with one attached hydrogen (secondary N) is 2. The average molecular weight is 493 g/mol. The van der Waals surface area contributed by atoms with E-state index in [0.717, 1.165) is 17.0 Å². The number of ether oxygens (including phenoxy) is 1. The third kappa shape index (κ3) is 5.32. The van der Waals surface area contributed by atoms with E-state index in [0.29, 0.717) is 20.6 Å². The van der Waals surface area contributed by atoms with Gasteiger partial charge < -0.3 is 15.4 Å². The monoisotopic (exact) mass is 492 g/mol. The third-order valence-corrected chi connectivity index (χ3v) is 6.75. The van der Waals surface area contributed by atoms with Gasteiger partial charge in [0, 0.05) is 30.2 Å².